The fourth-order valence-corrected chi connectivity index (χ4v) is 2.28. The Bertz CT molecular complexity index is 778. The first-order valence-corrected chi connectivity index (χ1v) is 6.77. The Morgan fingerprint density at radius 3 is 2.67 bits per heavy atom. The van der Waals surface area contributed by atoms with Crippen molar-refractivity contribution in [1.82, 2.24) is 4.98 Å². The van der Waals surface area contributed by atoms with Gasteiger partial charge in [0.2, 0.25) is 0 Å². The minimum atomic E-state index is -0.374. The average molecular weight is 280 g/mol. The molecule has 0 aliphatic carbocycles. The third-order valence-electron chi connectivity index (χ3n) is 3.42. The van der Waals surface area contributed by atoms with Crippen molar-refractivity contribution in [2.75, 3.05) is 5.73 Å². The molecule has 0 saturated heterocycles. The molecule has 1 aromatic heterocycles. The summed E-state index contributed by atoms with van der Waals surface area (Å²) in [7, 11) is 0. The number of esters is 1. The number of rotatable bonds is 3. The van der Waals surface area contributed by atoms with Gasteiger partial charge in [-0.3, -0.25) is 0 Å². The molecule has 0 saturated carbocycles. The molecule has 0 amide bonds. The number of nitrogen functional groups attached to an aromatic ring is 1. The number of carbonyl (C=O) groups excluding carboxylic acids is 1. The summed E-state index contributed by atoms with van der Waals surface area (Å²) in [6.07, 6.45) is -0.296. The molecule has 3 rings (SSSR count). The first-order chi connectivity index (χ1) is 10.1. The molecule has 2 aromatic carbocycles. The molecule has 1 heterocycles. The summed E-state index contributed by atoms with van der Waals surface area (Å²) in [6.45, 7) is 1.86. The normalized spacial score (nSPS) is 12.2. The van der Waals surface area contributed by atoms with E-state index in [-0.39, 0.29) is 12.1 Å². The highest BCUT2D eigenvalue weighted by Gasteiger charge is 2.15. The van der Waals surface area contributed by atoms with Crippen molar-refractivity contribution in [2.24, 2.45) is 0 Å². The molecule has 3 aromatic rings. The fourth-order valence-electron chi connectivity index (χ4n) is 2.28. The third kappa shape index (κ3) is 2.74. The molecule has 106 valence electrons. The maximum absolute atomic E-state index is 12.2. The smallest absolute Gasteiger partial charge is 0.355 e. The number of nitrogens with one attached hydrogen (secondary N) is 1. The molecule has 0 bridgehead atoms. The summed E-state index contributed by atoms with van der Waals surface area (Å²) in [4.78, 5) is 15.2. The highest BCUT2D eigenvalue weighted by Crippen LogP contribution is 2.21. The van der Waals surface area contributed by atoms with Crippen molar-refractivity contribution in [3.05, 3.63) is 65.9 Å². The minimum absolute atomic E-state index is 0.296. The van der Waals surface area contributed by atoms with Crippen LogP contribution in [0.2, 0.25) is 0 Å². The Hall–Kier alpha value is -2.75. The van der Waals surface area contributed by atoms with E-state index in [2.05, 4.69) is 4.98 Å². The van der Waals surface area contributed by atoms with Gasteiger partial charge in [0, 0.05) is 16.6 Å². The summed E-state index contributed by atoms with van der Waals surface area (Å²) in [5.41, 5.74) is 8.66. The number of aromatic nitrogens is 1. The molecule has 0 radical (unpaired) electrons. The van der Waals surface area contributed by atoms with Crippen molar-refractivity contribution in [1.29, 1.82) is 0 Å². The maximum atomic E-state index is 12.2. The van der Waals surface area contributed by atoms with Gasteiger partial charge >= 0.3 is 5.97 Å². The van der Waals surface area contributed by atoms with Gasteiger partial charge in [0.25, 0.3) is 0 Å². The summed E-state index contributed by atoms with van der Waals surface area (Å²) in [5.74, 6) is -0.374. The van der Waals surface area contributed by atoms with Gasteiger partial charge < -0.3 is 15.5 Å². The molecule has 0 aliphatic rings. The van der Waals surface area contributed by atoms with Gasteiger partial charge in [-0.05, 0) is 36.8 Å². The second-order valence-electron chi connectivity index (χ2n) is 4.99. The van der Waals surface area contributed by atoms with E-state index in [4.69, 9.17) is 10.5 Å². The van der Waals surface area contributed by atoms with Gasteiger partial charge in [-0.15, -0.1) is 0 Å². The van der Waals surface area contributed by atoms with E-state index in [1.165, 1.54) is 0 Å². The summed E-state index contributed by atoms with van der Waals surface area (Å²) in [5, 5.41) is 0.898. The van der Waals surface area contributed by atoms with Gasteiger partial charge in [0.05, 0.1) is 0 Å². The average Bonchev–Trinajstić information content (AvgIpc) is 2.91. The monoisotopic (exact) mass is 280 g/mol. The van der Waals surface area contributed by atoms with Crippen LogP contribution >= 0.6 is 0 Å². The molecule has 0 aliphatic heterocycles. The Morgan fingerprint density at radius 2 is 1.90 bits per heavy atom. The number of ether oxygens (including phenoxy) is 1. The molecular weight excluding hydrogens is 264 g/mol. The predicted molar refractivity (Wildman–Crippen MR) is 83.0 cm³/mol. The minimum Gasteiger partial charge on any atom is -0.453 e. The van der Waals surface area contributed by atoms with Crippen LogP contribution in [-0.4, -0.2) is 11.0 Å². The SMILES string of the molecule is CC(OC(=O)c1cc2cc(N)ccc2[nH]1)c1ccccc1. The molecule has 3 N–H and O–H groups in total. The lowest BCUT2D eigenvalue weighted by Gasteiger charge is -2.12. The van der Waals surface area contributed by atoms with E-state index >= 15 is 0 Å². The number of aromatic amines is 1. The fraction of sp³-hybridized carbons (Fsp3) is 0.118. The van der Waals surface area contributed by atoms with Crippen LogP contribution in [0.5, 0.6) is 0 Å². The maximum Gasteiger partial charge on any atom is 0.355 e. The van der Waals surface area contributed by atoms with Crippen LogP contribution in [0.3, 0.4) is 0 Å². The number of H-pyrrole nitrogens is 1. The molecule has 0 fully saturated rings. The summed E-state index contributed by atoms with van der Waals surface area (Å²) < 4.78 is 5.48. The molecular formula is C17H16N2O2. The zero-order valence-electron chi connectivity index (χ0n) is 11.7. The van der Waals surface area contributed by atoms with Crippen molar-refractivity contribution < 1.29 is 9.53 Å². The van der Waals surface area contributed by atoms with E-state index in [1.807, 2.05) is 49.4 Å². The van der Waals surface area contributed by atoms with Gasteiger partial charge in [0.1, 0.15) is 11.8 Å². The van der Waals surface area contributed by atoms with Crippen LogP contribution < -0.4 is 5.73 Å². The molecule has 4 nitrogen and oxygen atoms in total. The lowest BCUT2D eigenvalue weighted by molar-refractivity contribution is 0.0332. The first-order valence-electron chi connectivity index (χ1n) is 6.77. The molecule has 1 atom stereocenters. The van der Waals surface area contributed by atoms with Crippen LogP contribution in [-0.2, 0) is 4.74 Å². The Balaban J connectivity index is 1.80. The summed E-state index contributed by atoms with van der Waals surface area (Å²) >= 11 is 0. The number of anilines is 1. The van der Waals surface area contributed by atoms with Gasteiger partial charge in [-0.25, -0.2) is 4.79 Å². The standard InChI is InChI=1S/C17H16N2O2/c1-11(12-5-3-2-4-6-12)21-17(20)16-10-13-9-14(18)7-8-15(13)19-16/h2-11,19H,18H2,1H3. The number of fused-ring (bicyclic) bond motifs is 1. The van der Waals surface area contributed by atoms with Crippen molar-refractivity contribution in [3.8, 4) is 0 Å². The zero-order chi connectivity index (χ0) is 14.8. The van der Waals surface area contributed by atoms with E-state index < -0.39 is 0 Å². The Kier molecular flexibility index (Phi) is 3.36. The number of benzene rings is 2. The molecule has 4 heteroatoms. The molecule has 0 spiro atoms. The van der Waals surface area contributed by atoms with Crippen LogP contribution in [0.1, 0.15) is 29.1 Å². The summed E-state index contributed by atoms with van der Waals surface area (Å²) in [6, 6.07) is 16.9. The van der Waals surface area contributed by atoms with E-state index in [1.54, 1.807) is 12.1 Å². The van der Waals surface area contributed by atoms with E-state index in [0.29, 0.717) is 11.4 Å². The third-order valence-corrected chi connectivity index (χ3v) is 3.42. The van der Waals surface area contributed by atoms with Crippen molar-refractivity contribution in [2.45, 2.75) is 13.0 Å². The second kappa shape index (κ2) is 5.32. The van der Waals surface area contributed by atoms with Crippen LogP contribution in [0, 0.1) is 0 Å². The number of hydrogen-bond acceptors (Lipinski definition) is 3. The van der Waals surface area contributed by atoms with Gasteiger partial charge in [-0.2, -0.15) is 0 Å². The first kappa shape index (κ1) is 13.2. The zero-order valence-corrected chi connectivity index (χ0v) is 11.7. The topological polar surface area (TPSA) is 68.1 Å². The van der Waals surface area contributed by atoms with Crippen LogP contribution in [0.4, 0.5) is 5.69 Å². The number of nitrogens with two attached hydrogens (primary N) is 1. The second-order valence-corrected chi connectivity index (χ2v) is 4.99. The van der Waals surface area contributed by atoms with Crippen molar-refractivity contribution >= 4 is 22.6 Å². The van der Waals surface area contributed by atoms with E-state index in [0.717, 1.165) is 16.5 Å². The highest BCUT2D eigenvalue weighted by atomic mass is 16.5. The highest BCUT2D eigenvalue weighted by molar-refractivity contribution is 5.95. The van der Waals surface area contributed by atoms with Crippen LogP contribution in [0.15, 0.2) is 54.6 Å². The van der Waals surface area contributed by atoms with Crippen LogP contribution in [0.25, 0.3) is 10.9 Å². The van der Waals surface area contributed by atoms with Gasteiger partial charge in [-0.1, -0.05) is 30.3 Å². The van der Waals surface area contributed by atoms with Gasteiger partial charge in [0.15, 0.2) is 0 Å². The lowest BCUT2D eigenvalue weighted by atomic mass is 10.1. The van der Waals surface area contributed by atoms with Crippen molar-refractivity contribution in [3.63, 3.8) is 0 Å². The quantitative estimate of drug-likeness (QED) is 0.568. The number of hydrogen-bond donors (Lipinski definition) is 2. The lowest BCUT2D eigenvalue weighted by Crippen LogP contribution is -2.09. The number of carbonyl (C=O) groups is 1. The predicted octanol–water partition coefficient (Wildman–Crippen LogP) is 3.67. The Labute approximate surface area is 122 Å². The molecule has 1 unspecified atom stereocenters. The Morgan fingerprint density at radius 1 is 1.14 bits per heavy atom. The molecule has 21 heavy (non-hydrogen) atoms. The van der Waals surface area contributed by atoms with E-state index in [9.17, 15) is 4.79 Å². The largest absolute Gasteiger partial charge is 0.453 e.